The zero-order valence-corrected chi connectivity index (χ0v) is 32.0. The molecule has 7 rings (SSSR count). The van der Waals surface area contributed by atoms with E-state index >= 15 is 0 Å². The van der Waals surface area contributed by atoms with Crippen LogP contribution in [0.1, 0.15) is 87.9 Å². The Kier molecular flexibility index (Phi) is 10.3. The Hall–Kier alpha value is -3.95. The van der Waals surface area contributed by atoms with E-state index in [0.717, 1.165) is 70.1 Å². The van der Waals surface area contributed by atoms with E-state index in [1.54, 1.807) is 0 Å². The Balaban J connectivity index is 0.00000417. The van der Waals surface area contributed by atoms with Crippen molar-refractivity contribution in [2.75, 3.05) is 0 Å². The van der Waals surface area contributed by atoms with Crippen molar-refractivity contribution in [3.63, 3.8) is 0 Å². The number of hydrogen-bond donors (Lipinski definition) is 0. The molecule has 3 heterocycles. The van der Waals surface area contributed by atoms with Gasteiger partial charge in [-0.2, -0.15) is 16.7 Å². The summed E-state index contributed by atoms with van der Waals surface area (Å²) in [6.07, 6.45) is 9.62. The molecule has 1 aliphatic rings. The molecule has 0 N–H and O–H groups in total. The van der Waals surface area contributed by atoms with Crippen molar-refractivity contribution in [3.05, 3.63) is 119 Å². The summed E-state index contributed by atoms with van der Waals surface area (Å²) in [6, 6.07) is 28.2. The van der Waals surface area contributed by atoms with Crippen LogP contribution in [0.3, 0.4) is 0 Å². The van der Waals surface area contributed by atoms with E-state index in [2.05, 4.69) is 118 Å². The molecule has 3 aromatic carbocycles. The first-order valence-electron chi connectivity index (χ1n) is 17.6. The zero-order chi connectivity index (χ0) is 33.5. The number of aryl methyl sites for hydroxylation is 3. The Labute approximate surface area is 305 Å². The second-order valence-corrected chi connectivity index (χ2v) is 13.9. The maximum atomic E-state index is 6.59. The van der Waals surface area contributed by atoms with E-state index in [4.69, 9.17) is 14.8 Å². The summed E-state index contributed by atoms with van der Waals surface area (Å²) < 4.78 is 10.9. The molecule has 5 nitrogen and oxygen atoms in total. The van der Waals surface area contributed by atoms with Crippen LogP contribution >= 0.6 is 0 Å². The Morgan fingerprint density at radius 3 is 2.41 bits per heavy atom. The number of pyridine rings is 1. The quantitative estimate of drug-likeness (QED) is 0.108. The molecular formula is C43H46N4OPt. The van der Waals surface area contributed by atoms with Crippen LogP contribution in [0.4, 0.5) is 0 Å². The summed E-state index contributed by atoms with van der Waals surface area (Å²) in [5.74, 6) is 3.75. The van der Waals surface area contributed by atoms with Gasteiger partial charge in [0.2, 0.25) is 0 Å². The van der Waals surface area contributed by atoms with Gasteiger partial charge in [0, 0.05) is 40.4 Å². The van der Waals surface area contributed by atoms with Gasteiger partial charge in [0.05, 0.1) is 5.69 Å². The fourth-order valence-corrected chi connectivity index (χ4v) is 8.04. The molecule has 6 heteroatoms. The van der Waals surface area contributed by atoms with E-state index in [1.807, 2.05) is 24.4 Å². The maximum Gasteiger partial charge on any atom is 2.00 e. The number of aromatic nitrogens is 4. The van der Waals surface area contributed by atoms with Crippen molar-refractivity contribution in [1.82, 2.24) is 19.3 Å². The van der Waals surface area contributed by atoms with Crippen LogP contribution < -0.4 is 4.74 Å². The molecule has 0 bridgehead atoms. The van der Waals surface area contributed by atoms with Gasteiger partial charge < -0.3 is 9.30 Å². The van der Waals surface area contributed by atoms with E-state index in [1.165, 1.54) is 28.9 Å². The van der Waals surface area contributed by atoms with Crippen molar-refractivity contribution < 1.29 is 25.8 Å². The minimum absolute atomic E-state index is 0. The van der Waals surface area contributed by atoms with Crippen LogP contribution in [0.5, 0.6) is 11.5 Å². The largest absolute Gasteiger partial charge is 2.00 e. The normalized spacial score (nSPS) is 17.7. The Morgan fingerprint density at radius 2 is 1.65 bits per heavy atom. The summed E-state index contributed by atoms with van der Waals surface area (Å²) >= 11 is 0. The van der Waals surface area contributed by atoms with Gasteiger partial charge in [0.1, 0.15) is 5.82 Å². The van der Waals surface area contributed by atoms with Crippen molar-refractivity contribution >= 4 is 21.8 Å². The molecule has 6 aromatic rings. The number of ether oxygens (including phenoxy) is 1. The van der Waals surface area contributed by atoms with E-state index in [-0.39, 0.29) is 21.1 Å². The van der Waals surface area contributed by atoms with Gasteiger partial charge in [-0.3, -0.25) is 4.68 Å². The average molecular weight is 830 g/mol. The third kappa shape index (κ3) is 6.67. The second kappa shape index (κ2) is 14.5. The molecule has 0 amide bonds. The summed E-state index contributed by atoms with van der Waals surface area (Å²) in [6.45, 7) is 15.8. The second-order valence-electron chi connectivity index (χ2n) is 13.9. The number of benzene rings is 3. The van der Waals surface area contributed by atoms with Crippen LogP contribution in [-0.4, -0.2) is 19.3 Å². The van der Waals surface area contributed by atoms with Crippen LogP contribution in [0.25, 0.3) is 33.3 Å². The SMILES string of the molecule is CCCc1nn(-c2[c-]c(Oc3[c-]c4c(cc3)c3ccccc3n4-c3cc(C)ccn3)cc(C)c2)c(CCC)c1C1C(C)=C[C@H](C)C[C@@H]1C.[Pt+2]. The minimum Gasteiger partial charge on any atom is -0.509 e. The molecule has 0 fully saturated rings. The van der Waals surface area contributed by atoms with Gasteiger partial charge in [-0.05, 0) is 79.8 Å². The molecule has 0 spiro atoms. The molecule has 0 radical (unpaired) electrons. The fourth-order valence-electron chi connectivity index (χ4n) is 8.04. The predicted octanol–water partition coefficient (Wildman–Crippen LogP) is 11.0. The molecule has 254 valence electrons. The van der Waals surface area contributed by atoms with Gasteiger partial charge >= 0.3 is 21.1 Å². The Morgan fingerprint density at radius 1 is 0.857 bits per heavy atom. The molecule has 3 atom stereocenters. The number of hydrogen-bond acceptors (Lipinski definition) is 3. The minimum atomic E-state index is 0. The number of nitrogens with zero attached hydrogens (tertiary/aromatic N) is 4. The van der Waals surface area contributed by atoms with E-state index in [0.29, 0.717) is 29.3 Å². The molecule has 0 saturated carbocycles. The average Bonchev–Trinajstić information content (AvgIpc) is 3.56. The molecule has 1 aliphatic carbocycles. The first-order chi connectivity index (χ1) is 23.2. The number of para-hydroxylation sites is 1. The van der Waals surface area contributed by atoms with E-state index < -0.39 is 0 Å². The maximum absolute atomic E-state index is 6.59. The summed E-state index contributed by atoms with van der Waals surface area (Å²) in [7, 11) is 0. The third-order valence-corrected chi connectivity index (χ3v) is 9.84. The molecule has 1 unspecified atom stereocenters. The molecular weight excluding hydrogens is 784 g/mol. The van der Waals surface area contributed by atoms with Crippen LogP contribution in [-0.2, 0) is 33.9 Å². The topological polar surface area (TPSA) is 44.9 Å². The van der Waals surface area contributed by atoms with Gasteiger partial charge in [0.25, 0.3) is 0 Å². The third-order valence-electron chi connectivity index (χ3n) is 9.84. The van der Waals surface area contributed by atoms with Gasteiger partial charge in [-0.15, -0.1) is 35.7 Å². The van der Waals surface area contributed by atoms with Crippen LogP contribution in [0.15, 0.2) is 78.5 Å². The van der Waals surface area contributed by atoms with Crippen molar-refractivity contribution in [3.8, 4) is 23.0 Å². The monoisotopic (exact) mass is 829 g/mol. The van der Waals surface area contributed by atoms with E-state index in [9.17, 15) is 0 Å². The van der Waals surface area contributed by atoms with Gasteiger partial charge in [-0.25, -0.2) is 4.98 Å². The molecule has 49 heavy (non-hydrogen) atoms. The fraction of sp³-hybridized carbons (Fsp3) is 0.349. The zero-order valence-electron chi connectivity index (χ0n) is 29.7. The predicted molar refractivity (Wildman–Crippen MR) is 197 cm³/mol. The standard InChI is InChI=1S/C43H46N4O.Pt/c1-8-12-37-43(42-30(6)20-28(4)21-31(42)7)39(13-9-2)47(45-37)32-22-29(5)23-34(25-32)48-33-16-17-36-35-14-10-11-15-38(35)46(40(36)26-33)41-24-27(3)18-19-44-41;/h10-11,14-20,22-24,28,31,42H,8-9,12-13,21H2,1-7H3;/q-2;+2/t28-,31-,42?;/m0./s1. The van der Waals surface area contributed by atoms with Gasteiger partial charge in [-0.1, -0.05) is 82.8 Å². The number of allylic oxidation sites excluding steroid dienone is 2. The summed E-state index contributed by atoms with van der Waals surface area (Å²) in [4.78, 5) is 4.73. The molecule has 0 saturated heterocycles. The molecule has 0 aliphatic heterocycles. The van der Waals surface area contributed by atoms with Gasteiger partial charge in [0.15, 0.2) is 0 Å². The number of fused-ring (bicyclic) bond motifs is 3. The molecule has 3 aromatic heterocycles. The van der Waals surface area contributed by atoms with Crippen molar-refractivity contribution in [1.29, 1.82) is 0 Å². The van der Waals surface area contributed by atoms with Crippen LogP contribution in [0.2, 0.25) is 0 Å². The summed E-state index contributed by atoms with van der Waals surface area (Å²) in [5, 5.41) is 7.62. The smallest absolute Gasteiger partial charge is 0.509 e. The van der Waals surface area contributed by atoms with Crippen molar-refractivity contribution in [2.45, 2.75) is 86.5 Å². The first kappa shape index (κ1) is 34.9. The summed E-state index contributed by atoms with van der Waals surface area (Å²) in [5.41, 5.74) is 10.7. The first-order valence-corrected chi connectivity index (χ1v) is 17.6. The van der Waals surface area contributed by atoms with Crippen LogP contribution in [0, 0.1) is 37.8 Å². The Bertz CT molecular complexity index is 2150. The van der Waals surface area contributed by atoms with Crippen molar-refractivity contribution in [2.24, 2.45) is 11.8 Å². The number of rotatable bonds is 9.